The molecule has 0 aliphatic carbocycles. The lowest BCUT2D eigenvalue weighted by molar-refractivity contribution is -0.00000488. The Labute approximate surface area is 150 Å². The third-order valence-electron chi connectivity index (χ3n) is 3.63. The molecule has 0 spiro atoms. The molecule has 0 bridgehead atoms. The van der Waals surface area contributed by atoms with Gasteiger partial charge in [-0.2, -0.15) is 0 Å². The van der Waals surface area contributed by atoms with E-state index in [4.69, 9.17) is 4.52 Å². The Morgan fingerprint density at radius 3 is 1.04 bits per heavy atom. The highest BCUT2D eigenvalue weighted by Gasteiger charge is 2.46. The maximum absolute atomic E-state index is 6.21. The van der Waals surface area contributed by atoms with E-state index in [-0.39, 0.29) is 24.4 Å². The van der Waals surface area contributed by atoms with Crippen LogP contribution in [0.4, 0.5) is 0 Å². The van der Waals surface area contributed by atoms with Crippen molar-refractivity contribution in [1.82, 2.24) is 0 Å². The van der Waals surface area contributed by atoms with Crippen LogP contribution in [0.5, 0.6) is 0 Å². The van der Waals surface area contributed by atoms with Crippen LogP contribution in [0.25, 0.3) is 0 Å². The Morgan fingerprint density at radius 1 is 0.565 bits per heavy atom. The van der Waals surface area contributed by atoms with Crippen LogP contribution >= 0.6 is 7.49 Å². The Bertz CT molecular complexity index is 590. The van der Waals surface area contributed by atoms with Gasteiger partial charge in [0.2, 0.25) is 7.49 Å². The predicted octanol–water partition coefficient (Wildman–Crippen LogP) is 1.18. The standard InChI is InChI=1S/C19H18OP.CH4.BrH/c1-20-21(17-11-5-2-6-12-17,18-13-7-3-8-14-18)19-15-9-4-10-16-19;;/h2-16H,1H3;1H4;1H/q+1;;/p-1. The SMILES string of the molecule is C.CO[P+](c1ccccc1)(c1ccccc1)c1ccccc1.[Br-]. The quantitative estimate of drug-likeness (QED) is 0.610. The van der Waals surface area contributed by atoms with Crippen LogP contribution in [0, 0.1) is 0 Å². The summed E-state index contributed by atoms with van der Waals surface area (Å²) in [5.41, 5.74) is 0. The lowest BCUT2D eigenvalue weighted by Gasteiger charge is -2.23. The molecule has 3 heteroatoms. The fourth-order valence-electron chi connectivity index (χ4n) is 2.68. The Kier molecular flexibility index (Phi) is 7.64. The third-order valence-corrected chi connectivity index (χ3v) is 7.26. The maximum Gasteiger partial charge on any atom is 0.241 e. The minimum Gasteiger partial charge on any atom is -1.00 e. The molecule has 0 amide bonds. The first-order valence-corrected chi connectivity index (χ1v) is 8.70. The van der Waals surface area contributed by atoms with Gasteiger partial charge in [0.05, 0.1) is 7.11 Å². The van der Waals surface area contributed by atoms with E-state index in [2.05, 4.69) is 72.8 Å². The molecule has 0 fully saturated rings. The molecule has 0 atom stereocenters. The molecule has 23 heavy (non-hydrogen) atoms. The third kappa shape index (κ3) is 3.72. The van der Waals surface area contributed by atoms with Crippen molar-refractivity contribution < 1.29 is 21.5 Å². The van der Waals surface area contributed by atoms with Crippen LogP contribution in [0.2, 0.25) is 0 Å². The zero-order valence-corrected chi connectivity index (χ0v) is 14.9. The summed E-state index contributed by atoms with van der Waals surface area (Å²) >= 11 is 0. The highest BCUT2D eigenvalue weighted by atomic mass is 79.9. The minimum absolute atomic E-state index is 0. The normalized spacial score (nSPS) is 10.3. The van der Waals surface area contributed by atoms with Crippen molar-refractivity contribution in [2.24, 2.45) is 0 Å². The van der Waals surface area contributed by atoms with E-state index in [1.165, 1.54) is 15.9 Å². The molecule has 0 heterocycles. The summed E-state index contributed by atoms with van der Waals surface area (Å²) in [7, 11) is -0.214. The minimum atomic E-state index is -2.03. The lowest BCUT2D eigenvalue weighted by atomic mass is 10.4. The van der Waals surface area contributed by atoms with Crippen molar-refractivity contribution in [3.05, 3.63) is 91.0 Å². The number of benzene rings is 3. The van der Waals surface area contributed by atoms with Crippen molar-refractivity contribution in [1.29, 1.82) is 0 Å². The first-order chi connectivity index (χ1) is 10.4. The van der Waals surface area contributed by atoms with E-state index >= 15 is 0 Å². The fourth-order valence-corrected chi connectivity index (χ4v) is 5.98. The van der Waals surface area contributed by atoms with Gasteiger partial charge < -0.3 is 17.0 Å². The topological polar surface area (TPSA) is 9.23 Å². The smallest absolute Gasteiger partial charge is 0.241 e. The predicted molar refractivity (Wildman–Crippen MR) is 98.9 cm³/mol. The number of hydrogen-bond acceptors (Lipinski definition) is 1. The maximum atomic E-state index is 6.21. The summed E-state index contributed by atoms with van der Waals surface area (Å²) in [4.78, 5) is 0. The van der Waals surface area contributed by atoms with Crippen molar-refractivity contribution >= 4 is 23.4 Å². The van der Waals surface area contributed by atoms with Crippen LogP contribution in [-0.4, -0.2) is 7.11 Å². The van der Waals surface area contributed by atoms with Gasteiger partial charge in [-0.1, -0.05) is 62.0 Å². The van der Waals surface area contributed by atoms with Gasteiger partial charge in [0, 0.05) is 0 Å². The van der Waals surface area contributed by atoms with Gasteiger partial charge in [0.15, 0.2) is 0 Å². The molecule has 0 N–H and O–H groups in total. The Balaban J connectivity index is 0.00000132. The number of rotatable bonds is 4. The molecule has 0 aliphatic heterocycles. The van der Waals surface area contributed by atoms with Gasteiger partial charge >= 0.3 is 0 Å². The molecule has 0 aromatic heterocycles. The molecule has 3 aromatic carbocycles. The summed E-state index contributed by atoms with van der Waals surface area (Å²) in [6.45, 7) is 0. The summed E-state index contributed by atoms with van der Waals surface area (Å²) in [5.74, 6) is 0. The molecule has 3 aromatic rings. The molecular formula is C20H22BrOP. The monoisotopic (exact) mass is 388 g/mol. The number of hydrogen-bond donors (Lipinski definition) is 0. The highest BCUT2D eigenvalue weighted by molar-refractivity contribution is 7.91. The molecule has 3 rings (SSSR count). The van der Waals surface area contributed by atoms with Gasteiger partial charge in [-0.25, -0.2) is 4.52 Å². The summed E-state index contributed by atoms with van der Waals surface area (Å²) in [6.07, 6.45) is 0. The molecule has 0 unspecified atom stereocenters. The van der Waals surface area contributed by atoms with Crippen LogP contribution in [0.15, 0.2) is 91.0 Å². The number of halogens is 1. The molecule has 1 nitrogen and oxygen atoms in total. The largest absolute Gasteiger partial charge is 1.00 e. The van der Waals surface area contributed by atoms with E-state index in [1.807, 2.05) is 25.3 Å². The van der Waals surface area contributed by atoms with Gasteiger partial charge in [-0.3, -0.25) is 0 Å². The average Bonchev–Trinajstić information content (AvgIpc) is 2.59. The molecular weight excluding hydrogens is 367 g/mol. The second kappa shape index (κ2) is 8.98. The van der Waals surface area contributed by atoms with Gasteiger partial charge in [-0.15, -0.1) is 0 Å². The second-order valence-corrected chi connectivity index (χ2v) is 7.93. The molecule has 0 radical (unpaired) electrons. The van der Waals surface area contributed by atoms with E-state index in [9.17, 15) is 0 Å². The summed E-state index contributed by atoms with van der Waals surface area (Å²) in [5, 5.41) is 3.72. The van der Waals surface area contributed by atoms with E-state index in [0.717, 1.165) is 0 Å². The highest BCUT2D eigenvalue weighted by Crippen LogP contribution is 2.55. The Morgan fingerprint density at radius 2 is 0.826 bits per heavy atom. The zero-order chi connectivity index (χ0) is 14.5. The molecule has 0 aliphatic rings. The van der Waals surface area contributed by atoms with Crippen LogP contribution in [-0.2, 0) is 4.52 Å². The second-order valence-electron chi connectivity index (χ2n) is 4.80. The van der Waals surface area contributed by atoms with Gasteiger partial charge in [0.25, 0.3) is 0 Å². The van der Waals surface area contributed by atoms with Gasteiger partial charge in [0.1, 0.15) is 15.9 Å². The van der Waals surface area contributed by atoms with Crippen molar-refractivity contribution in [3.63, 3.8) is 0 Å². The average molecular weight is 389 g/mol. The first-order valence-electron chi connectivity index (χ1n) is 6.99. The molecule has 0 saturated heterocycles. The van der Waals surface area contributed by atoms with Gasteiger partial charge in [-0.05, 0) is 36.4 Å². The van der Waals surface area contributed by atoms with Crippen LogP contribution in [0.1, 0.15) is 7.43 Å². The fraction of sp³-hybridized carbons (Fsp3) is 0.100. The molecule has 120 valence electrons. The Hall–Kier alpha value is -1.47. The van der Waals surface area contributed by atoms with Crippen LogP contribution < -0.4 is 32.9 Å². The zero-order valence-electron chi connectivity index (χ0n) is 12.4. The van der Waals surface area contributed by atoms with Crippen molar-refractivity contribution in [2.75, 3.05) is 7.11 Å². The van der Waals surface area contributed by atoms with E-state index in [0.29, 0.717) is 0 Å². The van der Waals surface area contributed by atoms with Crippen molar-refractivity contribution in [2.45, 2.75) is 7.43 Å². The summed E-state index contributed by atoms with van der Waals surface area (Å²) in [6, 6.07) is 31.6. The molecule has 0 saturated carbocycles. The lowest BCUT2D eigenvalue weighted by Crippen LogP contribution is -3.00. The van der Waals surface area contributed by atoms with E-state index < -0.39 is 7.49 Å². The van der Waals surface area contributed by atoms with Crippen molar-refractivity contribution in [3.8, 4) is 0 Å². The first kappa shape index (κ1) is 19.6. The van der Waals surface area contributed by atoms with Crippen LogP contribution in [0.3, 0.4) is 0 Å². The summed E-state index contributed by atoms with van der Waals surface area (Å²) < 4.78 is 6.21. The van der Waals surface area contributed by atoms with E-state index in [1.54, 1.807) is 0 Å².